The summed E-state index contributed by atoms with van der Waals surface area (Å²) in [4.78, 5) is 31.3. The van der Waals surface area contributed by atoms with Gasteiger partial charge in [0.1, 0.15) is 17.3 Å². The number of halogens is 1. The summed E-state index contributed by atoms with van der Waals surface area (Å²) in [6, 6.07) is 22.5. The molecule has 4 rings (SSSR count). The molecule has 1 aliphatic rings. The van der Waals surface area contributed by atoms with Crippen LogP contribution >= 0.6 is 15.9 Å². The van der Waals surface area contributed by atoms with E-state index in [4.69, 9.17) is 4.99 Å². The van der Waals surface area contributed by atoms with E-state index in [1.165, 1.54) is 0 Å². The van der Waals surface area contributed by atoms with Gasteiger partial charge in [-0.25, -0.2) is 9.59 Å². The van der Waals surface area contributed by atoms with Crippen LogP contribution < -0.4 is 0 Å². The second-order valence-electron chi connectivity index (χ2n) is 9.11. The minimum absolute atomic E-state index is 0.146. The second kappa shape index (κ2) is 8.64. The maximum absolute atomic E-state index is 14.2. The first-order chi connectivity index (χ1) is 16.1. The lowest BCUT2D eigenvalue weighted by molar-refractivity contribution is -0.806. The highest BCUT2D eigenvalue weighted by atomic mass is 79.9. The number of hydrogen-bond donors (Lipinski definition) is 1. The molecule has 1 amide bonds. The summed E-state index contributed by atoms with van der Waals surface area (Å²) in [7, 11) is 0. The van der Waals surface area contributed by atoms with Crippen molar-refractivity contribution < 1.29 is 19.2 Å². The quantitative estimate of drug-likeness (QED) is 0.462. The van der Waals surface area contributed by atoms with Gasteiger partial charge in [0.25, 0.3) is 0 Å². The molecule has 1 aliphatic heterocycles. The van der Waals surface area contributed by atoms with Gasteiger partial charge >= 0.3 is 11.9 Å². The normalized spacial score (nSPS) is 18.6. The highest BCUT2D eigenvalue weighted by molar-refractivity contribution is 9.10. The molecule has 6 nitrogen and oxygen atoms in total. The van der Waals surface area contributed by atoms with Crippen molar-refractivity contribution in [2.75, 3.05) is 6.54 Å². The number of nitriles is 1. The number of hydrogen-bond acceptors (Lipinski definition) is 4. The summed E-state index contributed by atoms with van der Waals surface area (Å²) in [6.45, 7) is 4.85. The highest BCUT2D eigenvalue weighted by Crippen LogP contribution is 2.40. The third-order valence-corrected chi connectivity index (χ3v) is 6.85. The Morgan fingerprint density at radius 2 is 1.68 bits per heavy atom. The minimum atomic E-state index is -1.15. The number of rotatable bonds is 4. The van der Waals surface area contributed by atoms with E-state index < -0.39 is 28.4 Å². The van der Waals surface area contributed by atoms with Gasteiger partial charge in [0.15, 0.2) is 12.1 Å². The average molecular weight is 517 g/mol. The number of carbonyl (C=O) groups is 2. The van der Waals surface area contributed by atoms with E-state index in [1.807, 2.05) is 60.7 Å². The van der Waals surface area contributed by atoms with Crippen molar-refractivity contribution in [2.45, 2.75) is 26.3 Å². The van der Waals surface area contributed by atoms with Gasteiger partial charge in [-0.05, 0) is 43.7 Å². The van der Waals surface area contributed by atoms with Gasteiger partial charge in [-0.15, -0.1) is 0 Å². The molecule has 0 spiro atoms. The van der Waals surface area contributed by atoms with E-state index in [2.05, 4.69) is 15.9 Å². The number of benzene rings is 3. The van der Waals surface area contributed by atoms with Gasteiger partial charge in [0.05, 0.1) is 5.56 Å². The lowest BCUT2D eigenvalue weighted by atomic mass is 9.91. The third kappa shape index (κ3) is 3.65. The Bertz CT molecular complexity index is 1430. The molecule has 3 aromatic rings. The number of carbonyl (C=O) groups excluding carboxylic acids is 1. The Morgan fingerprint density at radius 1 is 1.03 bits per heavy atom. The number of carboxylic acids is 1. The molecular weight excluding hydrogens is 494 g/mol. The predicted molar refractivity (Wildman–Crippen MR) is 135 cm³/mol. The number of amidine groups is 1. The summed E-state index contributed by atoms with van der Waals surface area (Å²) >= 11 is 3.59. The minimum Gasteiger partial charge on any atom is -0.477 e. The Hall–Kier alpha value is -3.60. The lowest BCUT2D eigenvalue weighted by Gasteiger charge is -2.46. The fourth-order valence-electron chi connectivity index (χ4n) is 4.48. The zero-order chi connectivity index (χ0) is 24.7. The predicted octanol–water partition coefficient (Wildman–Crippen LogP) is 5.52. The summed E-state index contributed by atoms with van der Waals surface area (Å²) in [5.41, 5.74) is 0.459. The summed E-state index contributed by atoms with van der Waals surface area (Å²) in [5.74, 6) is -1.42. The molecule has 0 aliphatic carbocycles. The molecule has 0 saturated carbocycles. The average Bonchev–Trinajstić information content (AvgIpc) is 2.79. The number of nitrogens with zero attached hydrogens (tertiary/aromatic N) is 3. The largest absolute Gasteiger partial charge is 0.477 e. The van der Waals surface area contributed by atoms with E-state index in [0.29, 0.717) is 17.0 Å². The summed E-state index contributed by atoms with van der Waals surface area (Å²) in [6.07, 6.45) is 0. The van der Waals surface area contributed by atoms with Gasteiger partial charge < -0.3 is 5.11 Å². The molecular formula is C27H23BrN3O3+. The van der Waals surface area contributed by atoms with Crippen LogP contribution in [0.1, 0.15) is 31.9 Å². The first kappa shape index (κ1) is 23.6. The van der Waals surface area contributed by atoms with E-state index in [9.17, 15) is 20.0 Å². The fourth-order valence-corrected chi connectivity index (χ4v) is 4.98. The molecule has 1 heterocycles. The molecule has 0 saturated heterocycles. The number of fused-ring (bicyclic) bond motifs is 1. The molecule has 7 heteroatoms. The summed E-state index contributed by atoms with van der Waals surface area (Å²) < 4.78 is 0.255. The molecule has 1 unspecified atom stereocenters. The molecule has 1 N–H and O–H groups in total. The molecule has 0 aromatic heterocycles. The second-order valence-corrected chi connectivity index (χ2v) is 9.97. The van der Waals surface area contributed by atoms with Crippen molar-refractivity contribution in [3.8, 4) is 6.07 Å². The molecule has 170 valence electrons. The van der Waals surface area contributed by atoms with Crippen LogP contribution in [0, 0.1) is 11.3 Å². The van der Waals surface area contributed by atoms with Crippen molar-refractivity contribution in [3.63, 3.8) is 0 Å². The monoisotopic (exact) mass is 516 g/mol. The maximum Gasteiger partial charge on any atom is 0.366 e. The standard InChI is InChI=1S/C27H22BrN3O3/c1-27(2,3)31(16-23(32)33)25(20-13-7-12-19-18(20)11-8-14-22(19)28)30-24(21(15-29)26(31)34)17-9-5-4-6-10-17/h4-14H,16H2,1-3H3/p+1. The fraction of sp³-hybridized carbons (Fsp3) is 0.185. The van der Waals surface area contributed by atoms with Crippen LogP contribution in [0.5, 0.6) is 0 Å². The van der Waals surface area contributed by atoms with Crippen LogP contribution in [0.15, 0.2) is 81.8 Å². The van der Waals surface area contributed by atoms with Crippen molar-refractivity contribution in [2.24, 2.45) is 4.99 Å². The van der Waals surface area contributed by atoms with Gasteiger partial charge in [0, 0.05) is 10.0 Å². The smallest absolute Gasteiger partial charge is 0.366 e. The van der Waals surface area contributed by atoms with Gasteiger partial charge in [-0.2, -0.15) is 14.7 Å². The van der Waals surface area contributed by atoms with Crippen LogP contribution in [0.25, 0.3) is 16.5 Å². The van der Waals surface area contributed by atoms with E-state index in [-0.39, 0.29) is 11.3 Å². The molecule has 0 bridgehead atoms. The number of amides is 1. The third-order valence-electron chi connectivity index (χ3n) is 6.16. The lowest BCUT2D eigenvalue weighted by Crippen LogP contribution is -2.70. The zero-order valence-electron chi connectivity index (χ0n) is 19.0. The van der Waals surface area contributed by atoms with Gasteiger partial charge in [-0.1, -0.05) is 70.5 Å². The van der Waals surface area contributed by atoms with Crippen LogP contribution in [0.4, 0.5) is 0 Å². The number of carboxylic acid groups (broad SMARTS) is 1. The first-order valence-corrected chi connectivity index (χ1v) is 11.5. The number of quaternary nitrogens is 1. The van der Waals surface area contributed by atoms with Crippen molar-refractivity contribution in [3.05, 3.63) is 87.9 Å². The Labute approximate surface area is 206 Å². The number of aliphatic carboxylic acids is 1. The van der Waals surface area contributed by atoms with Crippen LogP contribution in [-0.2, 0) is 9.59 Å². The van der Waals surface area contributed by atoms with E-state index in [1.54, 1.807) is 32.9 Å². The Morgan fingerprint density at radius 3 is 2.29 bits per heavy atom. The van der Waals surface area contributed by atoms with Crippen molar-refractivity contribution in [1.29, 1.82) is 5.26 Å². The number of aliphatic imine (C=N–C) groups is 1. The molecule has 1 atom stereocenters. The van der Waals surface area contributed by atoms with E-state index in [0.717, 1.165) is 15.2 Å². The highest BCUT2D eigenvalue weighted by Gasteiger charge is 2.58. The summed E-state index contributed by atoms with van der Waals surface area (Å²) in [5, 5.41) is 21.7. The topological polar surface area (TPSA) is 90.5 Å². The van der Waals surface area contributed by atoms with Crippen LogP contribution in [0.3, 0.4) is 0 Å². The molecule has 3 aromatic carbocycles. The van der Waals surface area contributed by atoms with Crippen LogP contribution in [-0.4, -0.2) is 39.4 Å². The SMILES string of the molecule is CC(C)(C)[N+]1(CC(=O)O)C(=O)C(C#N)=C(c2ccccc2)N=C1c1cccc2c(Br)cccc12. The Balaban J connectivity index is 2.18. The molecule has 0 fully saturated rings. The zero-order valence-corrected chi connectivity index (χ0v) is 20.6. The van der Waals surface area contributed by atoms with Gasteiger partial charge in [0.2, 0.25) is 5.84 Å². The van der Waals surface area contributed by atoms with Gasteiger partial charge in [-0.3, -0.25) is 0 Å². The van der Waals surface area contributed by atoms with Crippen LogP contribution in [0.2, 0.25) is 0 Å². The Kier molecular flexibility index (Phi) is 5.98. The van der Waals surface area contributed by atoms with E-state index >= 15 is 0 Å². The molecule has 34 heavy (non-hydrogen) atoms. The first-order valence-electron chi connectivity index (χ1n) is 10.7. The van der Waals surface area contributed by atoms with Crippen molar-refractivity contribution >= 4 is 50.1 Å². The molecule has 0 radical (unpaired) electrons. The maximum atomic E-state index is 14.2. The van der Waals surface area contributed by atoms with Crippen molar-refractivity contribution in [1.82, 2.24) is 0 Å².